The summed E-state index contributed by atoms with van der Waals surface area (Å²) in [4.78, 5) is 0. The summed E-state index contributed by atoms with van der Waals surface area (Å²) in [5.41, 5.74) is 0. The maximum atomic E-state index is 8.64. The molecule has 1 aliphatic heterocycles. The van der Waals surface area contributed by atoms with Crippen molar-refractivity contribution in [2.75, 3.05) is 32.9 Å². The molecule has 0 amide bonds. The zero-order chi connectivity index (χ0) is 13.3. The summed E-state index contributed by atoms with van der Waals surface area (Å²) in [5.74, 6) is 0.828. The predicted octanol–water partition coefficient (Wildman–Crippen LogP) is 1.29. The van der Waals surface area contributed by atoms with Crippen molar-refractivity contribution in [3.8, 4) is 0 Å². The molecule has 3 unspecified atom stereocenters. The fourth-order valence-corrected chi connectivity index (χ4v) is 3.60. The number of aliphatic hydroxyl groups excluding tert-OH is 1. The van der Waals surface area contributed by atoms with Gasteiger partial charge in [-0.2, -0.15) is 0 Å². The molecule has 1 saturated carbocycles. The molecule has 4 nitrogen and oxygen atoms in total. The molecule has 3 N–H and O–H groups in total. The first-order valence-electron chi connectivity index (χ1n) is 8.07. The summed E-state index contributed by atoms with van der Waals surface area (Å²) in [7, 11) is 0. The average molecular weight is 270 g/mol. The summed E-state index contributed by atoms with van der Waals surface area (Å²) in [6.07, 6.45) is 9.26. The molecular formula is C15H30N2O2. The van der Waals surface area contributed by atoms with Crippen molar-refractivity contribution in [3.63, 3.8) is 0 Å². The number of hydrogen-bond donors (Lipinski definition) is 3. The van der Waals surface area contributed by atoms with E-state index in [-0.39, 0.29) is 6.61 Å². The monoisotopic (exact) mass is 270 g/mol. The number of nitrogens with one attached hydrogen (secondary N) is 2. The first-order valence-corrected chi connectivity index (χ1v) is 8.07. The van der Waals surface area contributed by atoms with E-state index in [9.17, 15) is 0 Å². The van der Waals surface area contributed by atoms with Crippen LogP contribution in [0.2, 0.25) is 0 Å². The van der Waals surface area contributed by atoms with Crippen LogP contribution in [0.5, 0.6) is 0 Å². The second-order valence-electron chi connectivity index (χ2n) is 5.90. The van der Waals surface area contributed by atoms with E-state index in [2.05, 4.69) is 10.6 Å². The van der Waals surface area contributed by atoms with Crippen LogP contribution in [0.4, 0.5) is 0 Å². The van der Waals surface area contributed by atoms with Crippen LogP contribution in [0.15, 0.2) is 0 Å². The minimum absolute atomic E-state index is 0.130. The lowest BCUT2D eigenvalue weighted by atomic mass is 9.79. The van der Waals surface area contributed by atoms with Crippen molar-refractivity contribution in [2.45, 2.75) is 57.0 Å². The molecule has 0 radical (unpaired) electrons. The zero-order valence-electron chi connectivity index (χ0n) is 12.1. The highest BCUT2D eigenvalue weighted by Gasteiger charge is 2.32. The summed E-state index contributed by atoms with van der Waals surface area (Å²) in [5, 5.41) is 16.1. The van der Waals surface area contributed by atoms with Crippen molar-refractivity contribution in [2.24, 2.45) is 5.92 Å². The van der Waals surface area contributed by atoms with Crippen LogP contribution in [0.3, 0.4) is 0 Å². The minimum atomic E-state index is 0.130. The molecule has 2 aliphatic rings. The quantitative estimate of drug-likeness (QED) is 0.582. The normalized spacial score (nSPS) is 31.7. The third kappa shape index (κ3) is 5.03. The van der Waals surface area contributed by atoms with E-state index in [0.29, 0.717) is 12.6 Å². The Labute approximate surface area is 117 Å². The van der Waals surface area contributed by atoms with E-state index >= 15 is 0 Å². The summed E-state index contributed by atoms with van der Waals surface area (Å²) >= 11 is 0. The molecule has 0 aromatic rings. The standard InChI is InChI=1S/C15H30N2O2/c18-10-12-19-11-4-9-17-14-6-2-1-5-13(14)15-7-3-8-16-15/h13-18H,1-12H2. The molecule has 2 rings (SSSR count). The fraction of sp³-hybridized carbons (Fsp3) is 1.00. The first kappa shape index (κ1) is 15.2. The van der Waals surface area contributed by atoms with Gasteiger partial charge in [0.05, 0.1) is 13.2 Å². The molecule has 112 valence electrons. The van der Waals surface area contributed by atoms with Gasteiger partial charge in [-0.25, -0.2) is 0 Å². The molecule has 19 heavy (non-hydrogen) atoms. The molecule has 0 spiro atoms. The molecule has 0 bridgehead atoms. The number of ether oxygens (including phenoxy) is 1. The van der Waals surface area contributed by atoms with Gasteiger partial charge in [-0.15, -0.1) is 0 Å². The van der Waals surface area contributed by atoms with E-state index in [0.717, 1.165) is 31.5 Å². The molecule has 0 aromatic heterocycles. The van der Waals surface area contributed by atoms with Crippen LogP contribution in [0.25, 0.3) is 0 Å². The van der Waals surface area contributed by atoms with Gasteiger partial charge in [0.2, 0.25) is 0 Å². The third-order valence-corrected chi connectivity index (χ3v) is 4.54. The van der Waals surface area contributed by atoms with Crippen LogP contribution in [-0.4, -0.2) is 50.1 Å². The van der Waals surface area contributed by atoms with Crippen molar-refractivity contribution < 1.29 is 9.84 Å². The number of rotatable bonds is 8. The van der Waals surface area contributed by atoms with Gasteiger partial charge >= 0.3 is 0 Å². The number of hydrogen-bond acceptors (Lipinski definition) is 4. The Hall–Kier alpha value is -0.160. The van der Waals surface area contributed by atoms with Crippen LogP contribution in [-0.2, 0) is 4.74 Å². The number of aliphatic hydroxyl groups is 1. The molecule has 1 saturated heterocycles. The lowest BCUT2D eigenvalue weighted by Crippen LogP contribution is -2.47. The van der Waals surface area contributed by atoms with Crippen molar-refractivity contribution in [1.29, 1.82) is 0 Å². The maximum Gasteiger partial charge on any atom is 0.0697 e. The molecule has 0 aromatic carbocycles. The lowest BCUT2D eigenvalue weighted by molar-refractivity contribution is 0.0893. The first-order chi connectivity index (χ1) is 9.42. The van der Waals surface area contributed by atoms with Gasteiger partial charge in [0.15, 0.2) is 0 Å². The Morgan fingerprint density at radius 1 is 1.11 bits per heavy atom. The third-order valence-electron chi connectivity index (χ3n) is 4.54. The van der Waals surface area contributed by atoms with E-state index in [4.69, 9.17) is 9.84 Å². The molecule has 3 atom stereocenters. The van der Waals surface area contributed by atoms with E-state index in [1.807, 2.05) is 0 Å². The van der Waals surface area contributed by atoms with Gasteiger partial charge in [-0.1, -0.05) is 12.8 Å². The fourth-order valence-electron chi connectivity index (χ4n) is 3.60. The van der Waals surface area contributed by atoms with E-state index in [1.54, 1.807) is 0 Å². The second kappa shape index (κ2) is 8.90. The average Bonchev–Trinajstić information content (AvgIpc) is 2.97. The highest BCUT2D eigenvalue weighted by Crippen LogP contribution is 2.30. The van der Waals surface area contributed by atoms with E-state index in [1.165, 1.54) is 45.1 Å². The summed E-state index contributed by atoms with van der Waals surface area (Å²) < 4.78 is 5.30. The zero-order valence-corrected chi connectivity index (χ0v) is 12.1. The Balaban J connectivity index is 1.64. The molecular weight excluding hydrogens is 240 g/mol. The summed E-state index contributed by atoms with van der Waals surface area (Å²) in [6, 6.07) is 1.45. The van der Waals surface area contributed by atoms with Gasteiger partial charge in [0.1, 0.15) is 0 Å². The van der Waals surface area contributed by atoms with Crippen molar-refractivity contribution >= 4 is 0 Å². The second-order valence-corrected chi connectivity index (χ2v) is 5.90. The Bertz CT molecular complexity index is 232. The molecule has 4 heteroatoms. The largest absolute Gasteiger partial charge is 0.394 e. The minimum Gasteiger partial charge on any atom is -0.394 e. The van der Waals surface area contributed by atoms with Crippen LogP contribution >= 0.6 is 0 Å². The SMILES string of the molecule is OCCOCCCNC1CCCCC1C1CCCN1. The van der Waals surface area contributed by atoms with Crippen LogP contribution < -0.4 is 10.6 Å². The smallest absolute Gasteiger partial charge is 0.0697 e. The molecule has 1 heterocycles. The predicted molar refractivity (Wildman–Crippen MR) is 77.3 cm³/mol. The summed E-state index contributed by atoms with van der Waals surface area (Å²) in [6.45, 7) is 3.61. The van der Waals surface area contributed by atoms with Gasteiger partial charge in [0, 0.05) is 18.7 Å². The highest BCUT2D eigenvalue weighted by molar-refractivity contribution is 4.91. The van der Waals surface area contributed by atoms with Gasteiger partial charge in [-0.05, 0) is 51.1 Å². The van der Waals surface area contributed by atoms with Crippen molar-refractivity contribution in [3.05, 3.63) is 0 Å². The van der Waals surface area contributed by atoms with E-state index < -0.39 is 0 Å². The van der Waals surface area contributed by atoms with Gasteiger partial charge in [-0.3, -0.25) is 0 Å². The Morgan fingerprint density at radius 2 is 2.00 bits per heavy atom. The van der Waals surface area contributed by atoms with Crippen LogP contribution in [0.1, 0.15) is 44.9 Å². The van der Waals surface area contributed by atoms with Crippen molar-refractivity contribution in [1.82, 2.24) is 10.6 Å². The topological polar surface area (TPSA) is 53.5 Å². The lowest BCUT2D eigenvalue weighted by Gasteiger charge is -2.36. The van der Waals surface area contributed by atoms with Gasteiger partial charge in [0.25, 0.3) is 0 Å². The highest BCUT2D eigenvalue weighted by atomic mass is 16.5. The Morgan fingerprint density at radius 3 is 2.79 bits per heavy atom. The van der Waals surface area contributed by atoms with Crippen LogP contribution in [0, 0.1) is 5.92 Å². The van der Waals surface area contributed by atoms with Gasteiger partial charge < -0.3 is 20.5 Å². The molecule has 1 aliphatic carbocycles. The maximum absolute atomic E-state index is 8.64. The Kier molecular flexibility index (Phi) is 7.14. The molecule has 2 fully saturated rings.